The third-order valence-corrected chi connectivity index (χ3v) is 24.6. The summed E-state index contributed by atoms with van der Waals surface area (Å²) in [4.78, 5) is 0. The molecular formula is C16H33BrOSn. The Morgan fingerprint density at radius 3 is 1.68 bits per heavy atom. The predicted octanol–water partition coefficient (Wildman–Crippen LogP) is 6.30. The van der Waals surface area contributed by atoms with Crippen LogP contribution in [0.25, 0.3) is 0 Å². The third-order valence-electron chi connectivity index (χ3n) is 3.96. The molecule has 0 spiro atoms. The Morgan fingerprint density at radius 2 is 1.37 bits per heavy atom. The van der Waals surface area contributed by atoms with Crippen LogP contribution in [0.5, 0.6) is 0 Å². The Bertz CT molecular complexity index is 219. The van der Waals surface area contributed by atoms with E-state index in [4.69, 9.17) is 4.74 Å². The van der Waals surface area contributed by atoms with E-state index >= 15 is 0 Å². The van der Waals surface area contributed by atoms with Gasteiger partial charge in [-0.2, -0.15) is 0 Å². The molecule has 0 rings (SSSR count). The van der Waals surface area contributed by atoms with E-state index in [0.29, 0.717) is 0 Å². The molecule has 0 aromatic heterocycles. The second-order valence-corrected chi connectivity index (χ2v) is 21.7. The average Bonchev–Trinajstić information content (AvgIpc) is 2.44. The van der Waals surface area contributed by atoms with E-state index in [1.165, 1.54) is 51.8 Å². The number of methoxy groups -OCH3 is 1. The maximum atomic E-state index is 5.25. The van der Waals surface area contributed by atoms with Gasteiger partial charge in [-0.1, -0.05) is 0 Å². The monoisotopic (exact) mass is 440 g/mol. The quantitative estimate of drug-likeness (QED) is 0.324. The molecule has 0 aliphatic heterocycles. The van der Waals surface area contributed by atoms with Gasteiger partial charge >= 0.3 is 134 Å². The third kappa shape index (κ3) is 8.11. The van der Waals surface area contributed by atoms with Crippen molar-refractivity contribution in [3.63, 3.8) is 0 Å². The van der Waals surface area contributed by atoms with Crippen molar-refractivity contribution in [1.29, 1.82) is 0 Å². The molecule has 0 aromatic rings. The van der Waals surface area contributed by atoms with Crippen molar-refractivity contribution < 1.29 is 4.74 Å². The molecule has 0 amide bonds. The molecule has 0 heterocycles. The summed E-state index contributed by atoms with van der Waals surface area (Å²) in [5, 5.41) is 0. The van der Waals surface area contributed by atoms with Crippen LogP contribution >= 0.6 is 15.9 Å². The molecule has 114 valence electrons. The fraction of sp³-hybridized carbons (Fsp3) is 0.875. The number of halogens is 1. The fourth-order valence-electron chi connectivity index (χ4n) is 2.65. The minimum atomic E-state index is -2.15. The molecule has 0 aromatic carbocycles. The van der Waals surface area contributed by atoms with E-state index in [0.717, 1.165) is 6.61 Å². The first-order chi connectivity index (χ1) is 9.16. The zero-order valence-corrected chi connectivity index (χ0v) is 17.9. The molecule has 0 aliphatic carbocycles. The topological polar surface area (TPSA) is 9.23 Å². The zero-order chi connectivity index (χ0) is 14.6. The van der Waals surface area contributed by atoms with Gasteiger partial charge in [0.2, 0.25) is 0 Å². The molecular weight excluding hydrogens is 407 g/mol. The van der Waals surface area contributed by atoms with Crippen LogP contribution in [0.2, 0.25) is 13.3 Å². The van der Waals surface area contributed by atoms with Gasteiger partial charge in [-0.25, -0.2) is 0 Å². The van der Waals surface area contributed by atoms with Crippen LogP contribution in [0.4, 0.5) is 0 Å². The fourth-order valence-corrected chi connectivity index (χ4v) is 21.3. The van der Waals surface area contributed by atoms with Crippen molar-refractivity contribution in [2.45, 2.75) is 72.6 Å². The van der Waals surface area contributed by atoms with Gasteiger partial charge in [0, 0.05) is 0 Å². The minimum absolute atomic E-state index is 0.767. The summed E-state index contributed by atoms with van der Waals surface area (Å²) in [6, 6.07) is 0. The first-order valence-corrected chi connectivity index (χ1v) is 16.3. The van der Waals surface area contributed by atoms with E-state index in [1.54, 1.807) is 9.61 Å². The number of unbranched alkanes of at least 4 members (excludes halogenated alkanes) is 3. The van der Waals surface area contributed by atoms with Gasteiger partial charge in [0.05, 0.1) is 0 Å². The van der Waals surface area contributed by atoms with Crippen LogP contribution in [0.1, 0.15) is 59.3 Å². The Labute approximate surface area is 133 Å². The zero-order valence-electron chi connectivity index (χ0n) is 13.4. The van der Waals surface area contributed by atoms with Crippen molar-refractivity contribution in [2.24, 2.45) is 0 Å². The number of rotatable bonds is 12. The van der Waals surface area contributed by atoms with E-state index in [-0.39, 0.29) is 0 Å². The average molecular weight is 440 g/mol. The first kappa shape index (κ1) is 20.0. The van der Waals surface area contributed by atoms with Crippen LogP contribution in [-0.4, -0.2) is 32.1 Å². The second kappa shape index (κ2) is 12.7. The second-order valence-electron chi connectivity index (χ2n) is 5.60. The predicted molar refractivity (Wildman–Crippen MR) is 93.8 cm³/mol. The van der Waals surface area contributed by atoms with Gasteiger partial charge in [-0.3, -0.25) is 0 Å². The van der Waals surface area contributed by atoms with Crippen LogP contribution in [0, 0.1) is 0 Å². The van der Waals surface area contributed by atoms with Crippen molar-refractivity contribution in [2.75, 3.05) is 13.7 Å². The van der Waals surface area contributed by atoms with Crippen LogP contribution < -0.4 is 0 Å². The van der Waals surface area contributed by atoms with Gasteiger partial charge in [-0.05, 0) is 0 Å². The molecule has 0 radical (unpaired) electrons. The molecule has 0 aliphatic rings. The van der Waals surface area contributed by atoms with Crippen LogP contribution in [0.3, 0.4) is 0 Å². The molecule has 0 unspecified atom stereocenters. The first-order valence-electron chi connectivity index (χ1n) is 8.01. The molecule has 3 heteroatoms. The van der Waals surface area contributed by atoms with Gasteiger partial charge < -0.3 is 0 Å². The van der Waals surface area contributed by atoms with E-state index in [2.05, 4.69) is 42.8 Å². The van der Waals surface area contributed by atoms with Crippen LogP contribution in [0.15, 0.2) is 8.57 Å². The number of hydrogen-bond acceptors (Lipinski definition) is 1. The van der Waals surface area contributed by atoms with Crippen molar-refractivity contribution >= 4 is 34.3 Å². The molecule has 0 saturated carbocycles. The van der Waals surface area contributed by atoms with Crippen molar-refractivity contribution in [3.8, 4) is 0 Å². The SMILES string of the molecule is CCC[CH2][Sn]([CH2]CCC)([CH2]CCC)/[C](Br)=C\COC. The molecule has 0 N–H and O–H groups in total. The molecule has 0 bridgehead atoms. The molecule has 0 atom stereocenters. The van der Waals surface area contributed by atoms with E-state index in [9.17, 15) is 0 Å². The maximum absolute atomic E-state index is 5.25. The Morgan fingerprint density at radius 1 is 0.947 bits per heavy atom. The summed E-state index contributed by atoms with van der Waals surface area (Å²) in [5.74, 6) is 0. The summed E-state index contributed by atoms with van der Waals surface area (Å²) < 4.78 is 11.4. The molecule has 0 fully saturated rings. The normalized spacial score (nSPS) is 13.0. The number of hydrogen-bond donors (Lipinski definition) is 0. The molecule has 19 heavy (non-hydrogen) atoms. The van der Waals surface area contributed by atoms with E-state index < -0.39 is 18.4 Å². The van der Waals surface area contributed by atoms with Crippen molar-refractivity contribution in [1.82, 2.24) is 0 Å². The summed E-state index contributed by atoms with van der Waals surface area (Å²) in [7, 11) is 1.79. The van der Waals surface area contributed by atoms with Crippen LogP contribution in [-0.2, 0) is 4.74 Å². The Balaban J connectivity index is 4.95. The summed E-state index contributed by atoms with van der Waals surface area (Å²) in [5.41, 5.74) is 0. The Kier molecular flexibility index (Phi) is 13.4. The standard InChI is InChI=1S/C4H6BrO.3C4H9.Sn/c1-6-4-2-3-5;3*1-3-4-2;/h2H,4H2,1H3;3*1,3-4H2,2H3;. The van der Waals surface area contributed by atoms with Gasteiger partial charge in [0.15, 0.2) is 0 Å². The summed E-state index contributed by atoms with van der Waals surface area (Å²) >= 11 is 1.81. The molecule has 0 saturated heterocycles. The summed E-state index contributed by atoms with van der Waals surface area (Å²) in [6.45, 7) is 7.73. The number of ether oxygens (including phenoxy) is 1. The molecule has 1 nitrogen and oxygen atoms in total. The van der Waals surface area contributed by atoms with Crippen molar-refractivity contribution in [3.05, 3.63) is 8.57 Å². The summed E-state index contributed by atoms with van der Waals surface area (Å²) in [6.07, 6.45) is 10.6. The van der Waals surface area contributed by atoms with E-state index in [1.807, 2.05) is 0 Å². The van der Waals surface area contributed by atoms with Gasteiger partial charge in [0.1, 0.15) is 0 Å². The Hall–Kier alpha value is 0.979. The van der Waals surface area contributed by atoms with Gasteiger partial charge in [-0.15, -0.1) is 0 Å². The van der Waals surface area contributed by atoms with Gasteiger partial charge in [0.25, 0.3) is 0 Å².